The number of carbonyl (C=O) groups is 1. The Balaban J connectivity index is 1.81. The molecule has 2 aliphatic heterocycles. The molecule has 22 heavy (non-hydrogen) atoms. The first-order valence-corrected chi connectivity index (χ1v) is 7.49. The smallest absolute Gasteiger partial charge is 0.407 e. The molecule has 1 aromatic rings. The van der Waals surface area contributed by atoms with Crippen LogP contribution in [0.15, 0.2) is 6.07 Å². The number of nitrogens with zero attached hydrogens (tertiary/aromatic N) is 3. The number of nitrogens with one attached hydrogen (secondary N) is 1. The molecule has 8 heteroatoms. The lowest BCUT2D eigenvalue weighted by molar-refractivity contribution is 0.0445. The van der Waals surface area contributed by atoms with E-state index in [4.69, 9.17) is 15.2 Å². The number of alkyl carbamates (subject to hydrolysis) is 1. The van der Waals surface area contributed by atoms with Crippen molar-refractivity contribution in [3.63, 3.8) is 0 Å². The largest absolute Gasteiger partial charge is 0.475 e. The van der Waals surface area contributed by atoms with E-state index < -0.39 is 5.60 Å². The van der Waals surface area contributed by atoms with Crippen molar-refractivity contribution in [3.05, 3.63) is 6.07 Å². The van der Waals surface area contributed by atoms with Gasteiger partial charge in [0.25, 0.3) is 0 Å². The van der Waals surface area contributed by atoms with Crippen LogP contribution in [-0.2, 0) is 4.74 Å². The van der Waals surface area contributed by atoms with Gasteiger partial charge in [-0.2, -0.15) is 9.97 Å². The Bertz CT molecular complexity index is 580. The van der Waals surface area contributed by atoms with Crippen LogP contribution in [0.1, 0.15) is 26.7 Å². The molecular formula is C14H21N5O3. The summed E-state index contributed by atoms with van der Waals surface area (Å²) >= 11 is 0. The molecule has 2 saturated heterocycles. The zero-order chi connectivity index (χ0) is 15.7. The highest BCUT2D eigenvalue weighted by atomic mass is 16.6. The molecule has 0 aromatic carbocycles. The van der Waals surface area contributed by atoms with Gasteiger partial charge in [-0.05, 0) is 26.7 Å². The molecule has 0 aliphatic carbocycles. The number of amides is 1. The van der Waals surface area contributed by atoms with E-state index in [0.29, 0.717) is 24.8 Å². The fourth-order valence-electron chi connectivity index (χ4n) is 2.92. The number of nitrogen functional groups attached to an aromatic ring is 1. The summed E-state index contributed by atoms with van der Waals surface area (Å²) in [5.41, 5.74) is 5.30. The van der Waals surface area contributed by atoms with Crippen molar-refractivity contribution in [2.24, 2.45) is 0 Å². The minimum atomic E-state index is -0.478. The highest BCUT2D eigenvalue weighted by Crippen LogP contribution is 2.31. The third kappa shape index (κ3) is 3.00. The summed E-state index contributed by atoms with van der Waals surface area (Å²) in [7, 11) is 0. The molecule has 1 spiro atoms. The van der Waals surface area contributed by atoms with Crippen LogP contribution in [0, 0.1) is 0 Å². The lowest BCUT2D eigenvalue weighted by Crippen LogP contribution is -2.50. The average Bonchev–Trinajstić information content (AvgIpc) is 2.78. The quantitative estimate of drug-likeness (QED) is 0.856. The Labute approximate surface area is 129 Å². The summed E-state index contributed by atoms with van der Waals surface area (Å²) in [4.78, 5) is 21.8. The van der Waals surface area contributed by atoms with E-state index in [1.54, 1.807) is 6.07 Å². The number of carbonyl (C=O) groups excluding carboxylic acids is 1. The van der Waals surface area contributed by atoms with E-state index in [2.05, 4.69) is 20.2 Å². The molecule has 120 valence electrons. The van der Waals surface area contributed by atoms with Gasteiger partial charge in [0.1, 0.15) is 11.4 Å². The van der Waals surface area contributed by atoms with Gasteiger partial charge in [0, 0.05) is 12.6 Å². The molecule has 0 radical (unpaired) electrons. The van der Waals surface area contributed by atoms with Crippen molar-refractivity contribution in [1.29, 1.82) is 0 Å². The minimum absolute atomic E-state index is 0.00911. The van der Waals surface area contributed by atoms with Gasteiger partial charge in [-0.3, -0.25) is 0 Å². The van der Waals surface area contributed by atoms with Crippen LogP contribution in [0.3, 0.4) is 0 Å². The van der Waals surface area contributed by atoms with Gasteiger partial charge in [-0.15, -0.1) is 0 Å². The van der Waals surface area contributed by atoms with Crippen molar-refractivity contribution in [1.82, 2.24) is 15.3 Å². The first-order valence-electron chi connectivity index (χ1n) is 7.49. The van der Waals surface area contributed by atoms with Gasteiger partial charge in [0.05, 0.1) is 19.2 Å². The van der Waals surface area contributed by atoms with Gasteiger partial charge in [-0.25, -0.2) is 4.79 Å². The lowest BCUT2D eigenvalue weighted by Gasteiger charge is -2.38. The Kier molecular flexibility index (Phi) is 3.67. The van der Waals surface area contributed by atoms with Gasteiger partial charge < -0.3 is 25.4 Å². The maximum atomic E-state index is 11.4. The number of rotatable bonds is 3. The fraction of sp³-hybridized carbons (Fsp3) is 0.643. The summed E-state index contributed by atoms with van der Waals surface area (Å²) in [6.07, 6.45) is 1.42. The second kappa shape index (κ2) is 5.51. The standard InChI is InChI=1S/C14H21N5O3/c1-9(2)21-11-6-10(17-12(15)18-11)19-5-3-4-14(8-19)7-16-13(20)22-14/h6,9H,3-5,7-8H2,1-2H3,(H,16,20)(H2,15,17,18)/t14-/m0/s1. The van der Waals surface area contributed by atoms with Gasteiger partial charge in [0.15, 0.2) is 0 Å². The van der Waals surface area contributed by atoms with Crippen LogP contribution in [0.2, 0.25) is 0 Å². The summed E-state index contributed by atoms with van der Waals surface area (Å²) in [5.74, 6) is 1.33. The molecular weight excluding hydrogens is 286 g/mol. The fourth-order valence-corrected chi connectivity index (χ4v) is 2.92. The van der Waals surface area contributed by atoms with E-state index in [0.717, 1.165) is 19.4 Å². The number of hydrogen-bond donors (Lipinski definition) is 2. The van der Waals surface area contributed by atoms with Gasteiger partial charge in [-0.1, -0.05) is 0 Å². The van der Waals surface area contributed by atoms with E-state index in [1.165, 1.54) is 0 Å². The van der Waals surface area contributed by atoms with Crippen LogP contribution in [0.25, 0.3) is 0 Å². The molecule has 1 atom stereocenters. The number of aromatic nitrogens is 2. The summed E-state index contributed by atoms with van der Waals surface area (Å²) in [6.45, 7) is 5.80. The Morgan fingerprint density at radius 2 is 2.32 bits per heavy atom. The highest BCUT2D eigenvalue weighted by Gasteiger charge is 2.44. The van der Waals surface area contributed by atoms with Gasteiger partial charge in [0.2, 0.25) is 11.8 Å². The monoisotopic (exact) mass is 307 g/mol. The van der Waals surface area contributed by atoms with Crippen molar-refractivity contribution >= 4 is 17.9 Å². The van der Waals surface area contributed by atoms with Crippen molar-refractivity contribution in [3.8, 4) is 5.88 Å². The zero-order valence-corrected chi connectivity index (χ0v) is 12.8. The first kappa shape index (κ1) is 14.7. The SMILES string of the molecule is CC(C)Oc1cc(N2CCC[C@]3(CNC(=O)O3)C2)nc(N)n1. The summed E-state index contributed by atoms with van der Waals surface area (Å²) < 4.78 is 11.1. The molecule has 0 saturated carbocycles. The predicted octanol–water partition coefficient (Wildman–Crippen LogP) is 0.925. The Morgan fingerprint density at radius 3 is 3.00 bits per heavy atom. The molecule has 2 fully saturated rings. The van der Waals surface area contributed by atoms with E-state index in [-0.39, 0.29) is 18.1 Å². The van der Waals surface area contributed by atoms with Gasteiger partial charge >= 0.3 is 6.09 Å². The minimum Gasteiger partial charge on any atom is -0.475 e. The van der Waals surface area contributed by atoms with Crippen LogP contribution >= 0.6 is 0 Å². The molecule has 1 amide bonds. The lowest BCUT2D eigenvalue weighted by atomic mass is 9.93. The van der Waals surface area contributed by atoms with Crippen molar-refractivity contribution in [2.75, 3.05) is 30.3 Å². The molecule has 3 heterocycles. The van der Waals surface area contributed by atoms with Crippen LogP contribution in [-0.4, -0.2) is 47.4 Å². The van der Waals surface area contributed by atoms with Crippen LogP contribution in [0.4, 0.5) is 16.6 Å². The molecule has 2 aliphatic rings. The zero-order valence-electron chi connectivity index (χ0n) is 12.8. The molecule has 0 bridgehead atoms. The van der Waals surface area contributed by atoms with E-state index >= 15 is 0 Å². The molecule has 0 unspecified atom stereocenters. The molecule has 1 aromatic heterocycles. The van der Waals surface area contributed by atoms with E-state index in [9.17, 15) is 4.79 Å². The maximum absolute atomic E-state index is 11.4. The third-order valence-electron chi connectivity index (χ3n) is 3.79. The number of anilines is 2. The maximum Gasteiger partial charge on any atom is 0.407 e. The predicted molar refractivity (Wildman–Crippen MR) is 80.9 cm³/mol. The Hall–Kier alpha value is -2.25. The number of nitrogens with two attached hydrogens (primary N) is 1. The number of ether oxygens (including phenoxy) is 2. The second-order valence-electron chi connectivity index (χ2n) is 6.04. The molecule has 8 nitrogen and oxygen atoms in total. The number of hydrogen-bond acceptors (Lipinski definition) is 7. The first-order chi connectivity index (χ1) is 10.5. The Morgan fingerprint density at radius 1 is 1.50 bits per heavy atom. The van der Waals surface area contributed by atoms with Crippen molar-refractivity contribution < 1.29 is 14.3 Å². The highest BCUT2D eigenvalue weighted by molar-refractivity contribution is 5.70. The second-order valence-corrected chi connectivity index (χ2v) is 6.04. The average molecular weight is 307 g/mol. The molecule has 3 rings (SSSR count). The third-order valence-corrected chi connectivity index (χ3v) is 3.79. The van der Waals surface area contributed by atoms with Crippen LogP contribution in [0.5, 0.6) is 5.88 Å². The molecule has 3 N–H and O–H groups in total. The van der Waals surface area contributed by atoms with E-state index in [1.807, 2.05) is 13.8 Å². The number of piperidine rings is 1. The topological polar surface area (TPSA) is 103 Å². The normalized spacial score (nSPS) is 24.5. The summed E-state index contributed by atoms with van der Waals surface area (Å²) in [6, 6.07) is 1.78. The van der Waals surface area contributed by atoms with Crippen molar-refractivity contribution in [2.45, 2.75) is 38.4 Å². The summed E-state index contributed by atoms with van der Waals surface area (Å²) in [5, 5.41) is 2.73. The van der Waals surface area contributed by atoms with Crippen LogP contribution < -0.4 is 20.7 Å².